The van der Waals surface area contributed by atoms with E-state index in [4.69, 9.17) is 18.9 Å². The molecule has 11 heteroatoms. The van der Waals surface area contributed by atoms with Crippen molar-refractivity contribution in [1.82, 2.24) is 14.9 Å². The van der Waals surface area contributed by atoms with Crippen molar-refractivity contribution in [3.05, 3.63) is 72.6 Å². The van der Waals surface area contributed by atoms with E-state index in [2.05, 4.69) is 37.3 Å². The molecule has 0 bridgehead atoms. The lowest BCUT2D eigenvalue weighted by molar-refractivity contribution is -0.111. The van der Waals surface area contributed by atoms with Crippen molar-refractivity contribution in [3.8, 4) is 34.8 Å². The second-order valence-corrected chi connectivity index (χ2v) is 9.18. The van der Waals surface area contributed by atoms with Gasteiger partial charge in [0.15, 0.2) is 0 Å². The van der Waals surface area contributed by atoms with Crippen LogP contribution in [0.5, 0.6) is 23.0 Å². The Bertz CT molecular complexity index is 1640. The standard InChI is InChI=1S/C31H29N5O6/c1-39-23-9-11-33-29(18-23)35-31(38)21-5-7-22(8-6-21)42-27-10-12-32-25-20-28(40-2)26(19-24(25)27)34-30(37)4-3-13-36-14-16-41-17-15-36/h5-12,18-20H,13-17H2,1-2H3,(H,34,37)(H,33,35,38). The highest BCUT2D eigenvalue weighted by Crippen LogP contribution is 2.35. The number of amides is 2. The summed E-state index contributed by atoms with van der Waals surface area (Å²) in [6.07, 6.45) is 3.17. The van der Waals surface area contributed by atoms with Crippen molar-refractivity contribution in [2.45, 2.75) is 0 Å². The molecule has 1 aliphatic heterocycles. The first-order valence-electron chi connectivity index (χ1n) is 13.2. The largest absolute Gasteiger partial charge is 0.497 e. The lowest BCUT2D eigenvalue weighted by Crippen LogP contribution is -2.36. The maximum Gasteiger partial charge on any atom is 0.300 e. The Hall–Kier alpha value is -5.18. The first-order valence-corrected chi connectivity index (χ1v) is 13.2. The number of hydrogen-bond donors (Lipinski definition) is 2. The molecule has 0 radical (unpaired) electrons. The average molecular weight is 568 g/mol. The minimum atomic E-state index is -0.453. The summed E-state index contributed by atoms with van der Waals surface area (Å²) in [5, 5.41) is 6.21. The fraction of sp³-hybridized carbons (Fsp3) is 0.226. The van der Waals surface area contributed by atoms with E-state index in [1.807, 2.05) is 0 Å². The molecule has 2 aromatic heterocycles. The Labute approximate surface area is 242 Å². The number of nitrogens with zero attached hydrogens (tertiary/aromatic N) is 3. The summed E-state index contributed by atoms with van der Waals surface area (Å²) in [7, 11) is 3.06. The van der Waals surface area contributed by atoms with E-state index in [-0.39, 0.29) is 5.91 Å². The Morgan fingerprint density at radius 1 is 0.905 bits per heavy atom. The monoisotopic (exact) mass is 567 g/mol. The van der Waals surface area contributed by atoms with Gasteiger partial charge in [0.1, 0.15) is 28.8 Å². The second kappa shape index (κ2) is 13.5. The number of hydrogen-bond acceptors (Lipinski definition) is 9. The number of carbonyl (C=O) groups excluding carboxylic acids is 2. The number of pyridine rings is 2. The van der Waals surface area contributed by atoms with Gasteiger partial charge in [-0.2, -0.15) is 0 Å². The first kappa shape index (κ1) is 28.4. The average Bonchev–Trinajstić information content (AvgIpc) is 3.02. The van der Waals surface area contributed by atoms with Gasteiger partial charge in [-0.1, -0.05) is 5.92 Å². The van der Waals surface area contributed by atoms with E-state index in [1.54, 1.807) is 74.1 Å². The lowest BCUT2D eigenvalue weighted by atomic mass is 10.1. The highest BCUT2D eigenvalue weighted by atomic mass is 16.5. The summed E-state index contributed by atoms with van der Waals surface area (Å²) < 4.78 is 22.1. The summed E-state index contributed by atoms with van der Waals surface area (Å²) >= 11 is 0. The fourth-order valence-corrected chi connectivity index (χ4v) is 4.24. The minimum Gasteiger partial charge on any atom is -0.497 e. The zero-order valence-corrected chi connectivity index (χ0v) is 23.2. The molecular formula is C31H29N5O6. The van der Waals surface area contributed by atoms with Crippen molar-refractivity contribution < 1.29 is 28.5 Å². The van der Waals surface area contributed by atoms with Gasteiger partial charge in [0.25, 0.3) is 11.8 Å². The van der Waals surface area contributed by atoms with Gasteiger partial charge in [-0.15, -0.1) is 0 Å². The van der Waals surface area contributed by atoms with Crippen LogP contribution in [-0.2, 0) is 9.53 Å². The van der Waals surface area contributed by atoms with Gasteiger partial charge in [-0.3, -0.25) is 19.5 Å². The molecule has 4 aromatic rings. The zero-order valence-electron chi connectivity index (χ0n) is 23.2. The highest BCUT2D eigenvalue weighted by Gasteiger charge is 2.14. The van der Waals surface area contributed by atoms with Gasteiger partial charge in [0, 0.05) is 48.6 Å². The van der Waals surface area contributed by atoms with Gasteiger partial charge in [0.2, 0.25) is 0 Å². The second-order valence-electron chi connectivity index (χ2n) is 9.18. The van der Waals surface area contributed by atoms with Crippen molar-refractivity contribution in [2.24, 2.45) is 0 Å². The Morgan fingerprint density at radius 3 is 2.45 bits per heavy atom. The summed E-state index contributed by atoms with van der Waals surface area (Å²) in [4.78, 5) is 36.0. The van der Waals surface area contributed by atoms with Crippen LogP contribution in [0.15, 0.2) is 67.0 Å². The van der Waals surface area contributed by atoms with Crippen molar-refractivity contribution in [1.29, 1.82) is 0 Å². The van der Waals surface area contributed by atoms with Crippen LogP contribution in [0.3, 0.4) is 0 Å². The maximum atomic E-state index is 12.7. The van der Waals surface area contributed by atoms with Crippen LogP contribution in [0.1, 0.15) is 10.4 Å². The molecule has 0 saturated carbocycles. The lowest BCUT2D eigenvalue weighted by Gasteiger charge is -2.24. The van der Waals surface area contributed by atoms with E-state index in [1.165, 1.54) is 7.11 Å². The number of rotatable bonds is 8. The van der Waals surface area contributed by atoms with E-state index >= 15 is 0 Å². The van der Waals surface area contributed by atoms with Crippen LogP contribution in [0.2, 0.25) is 0 Å². The van der Waals surface area contributed by atoms with E-state index in [0.717, 1.165) is 13.1 Å². The van der Waals surface area contributed by atoms with Crippen LogP contribution in [0.25, 0.3) is 10.9 Å². The molecule has 2 N–H and O–H groups in total. The molecule has 2 amide bonds. The van der Waals surface area contributed by atoms with Crippen LogP contribution >= 0.6 is 0 Å². The predicted octanol–water partition coefficient (Wildman–Crippen LogP) is 3.97. The number of anilines is 2. The summed E-state index contributed by atoms with van der Waals surface area (Å²) in [6, 6.07) is 15.2. The van der Waals surface area contributed by atoms with Crippen molar-refractivity contribution in [3.63, 3.8) is 0 Å². The molecule has 5 rings (SSSR count). The Morgan fingerprint density at radius 2 is 1.69 bits per heavy atom. The van der Waals surface area contributed by atoms with Crippen LogP contribution in [-0.4, -0.2) is 73.7 Å². The summed E-state index contributed by atoms with van der Waals surface area (Å²) in [6.45, 7) is 3.42. The molecule has 42 heavy (non-hydrogen) atoms. The van der Waals surface area contributed by atoms with Gasteiger partial charge in [0.05, 0.1) is 45.2 Å². The molecule has 11 nitrogen and oxygen atoms in total. The quantitative estimate of drug-likeness (QED) is 0.305. The molecule has 214 valence electrons. The third kappa shape index (κ3) is 7.11. The van der Waals surface area contributed by atoms with Crippen LogP contribution < -0.4 is 24.8 Å². The minimum absolute atomic E-state index is 0.322. The molecule has 2 aromatic carbocycles. The zero-order chi connectivity index (χ0) is 29.3. The van der Waals surface area contributed by atoms with Gasteiger partial charge < -0.3 is 29.6 Å². The van der Waals surface area contributed by atoms with Crippen molar-refractivity contribution >= 4 is 34.2 Å². The number of ether oxygens (including phenoxy) is 4. The number of fused-ring (bicyclic) bond motifs is 1. The molecule has 3 heterocycles. The maximum absolute atomic E-state index is 12.7. The predicted molar refractivity (Wildman–Crippen MR) is 157 cm³/mol. The number of benzene rings is 2. The van der Waals surface area contributed by atoms with Crippen LogP contribution in [0.4, 0.5) is 11.5 Å². The SMILES string of the molecule is COc1ccnc(NC(=O)c2ccc(Oc3ccnc4cc(OC)c(NC(=O)C#CCN5CCOCC5)cc34)cc2)c1. The van der Waals surface area contributed by atoms with Crippen molar-refractivity contribution in [2.75, 3.05) is 57.7 Å². The highest BCUT2D eigenvalue weighted by molar-refractivity contribution is 6.06. The fourth-order valence-electron chi connectivity index (χ4n) is 4.24. The molecule has 0 aliphatic carbocycles. The van der Waals surface area contributed by atoms with Gasteiger partial charge in [-0.05, 0) is 48.4 Å². The molecule has 0 atom stereocenters. The normalized spacial score (nSPS) is 13.0. The molecule has 1 saturated heterocycles. The number of methoxy groups -OCH3 is 2. The van der Waals surface area contributed by atoms with E-state index in [0.29, 0.717) is 70.7 Å². The molecule has 0 unspecified atom stereocenters. The molecule has 0 spiro atoms. The first-order chi connectivity index (χ1) is 20.5. The smallest absolute Gasteiger partial charge is 0.300 e. The summed E-state index contributed by atoms with van der Waals surface area (Å²) in [5.41, 5.74) is 1.48. The summed E-state index contributed by atoms with van der Waals surface area (Å²) in [5.74, 6) is 7.21. The number of carbonyl (C=O) groups is 2. The molecule has 1 fully saturated rings. The third-order valence-electron chi connectivity index (χ3n) is 6.43. The van der Waals surface area contributed by atoms with E-state index in [9.17, 15) is 9.59 Å². The number of morpholine rings is 1. The van der Waals surface area contributed by atoms with E-state index < -0.39 is 5.91 Å². The van der Waals surface area contributed by atoms with Gasteiger partial charge >= 0.3 is 0 Å². The van der Waals surface area contributed by atoms with Gasteiger partial charge in [-0.25, -0.2) is 4.98 Å². The third-order valence-corrected chi connectivity index (χ3v) is 6.43. The molecular weight excluding hydrogens is 538 g/mol. The Balaban J connectivity index is 1.29. The van der Waals surface area contributed by atoms with Crippen LogP contribution in [0, 0.1) is 11.8 Å². The Kier molecular flexibility index (Phi) is 9.08. The molecule has 1 aliphatic rings. The number of nitrogens with one attached hydrogen (secondary N) is 2. The number of aromatic nitrogens is 2. The topological polar surface area (TPSA) is 124 Å².